The Bertz CT molecular complexity index is 958. The highest BCUT2D eigenvalue weighted by Crippen LogP contribution is 2.34. The molecule has 1 atom stereocenters. The van der Waals surface area contributed by atoms with Gasteiger partial charge >= 0.3 is 0 Å². The molecule has 154 valence electrons. The molecule has 0 radical (unpaired) electrons. The lowest BCUT2D eigenvalue weighted by Gasteiger charge is -2.18. The summed E-state index contributed by atoms with van der Waals surface area (Å²) in [5.74, 6) is 0.309. The maximum atomic E-state index is 12.6. The molecule has 1 aliphatic heterocycles. The molecule has 0 saturated heterocycles. The molecule has 1 amide bonds. The summed E-state index contributed by atoms with van der Waals surface area (Å²) in [5.41, 5.74) is 10.3. The fraction of sp³-hybridized carbons (Fsp3) is 0.381. The van der Waals surface area contributed by atoms with Gasteiger partial charge in [-0.1, -0.05) is 30.7 Å². The third kappa shape index (κ3) is 4.58. The second-order valence-electron chi connectivity index (χ2n) is 7.42. The summed E-state index contributed by atoms with van der Waals surface area (Å²) in [6.45, 7) is 5.70. The van der Waals surface area contributed by atoms with Crippen molar-refractivity contribution in [1.29, 1.82) is 0 Å². The summed E-state index contributed by atoms with van der Waals surface area (Å²) in [5, 5.41) is 3.56. The molecule has 29 heavy (non-hydrogen) atoms. The topological polar surface area (TPSA) is 88.5 Å². The summed E-state index contributed by atoms with van der Waals surface area (Å²) in [6.07, 6.45) is 1.73. The number of likely N-dealkylation sites (N-methyl/N-ethyl adjacent to an activating group) is 1. The molecular weight excluding hydrogens is 388 g/mol. The van der Waals surface area contributed by atoms with Gasteiger partial charge in [-0.05, 0) is 44.3 Å². The molecule has 3 rings (SSSR count). The molecule has 0 bridgehead atoms. The van der Waals surface area contributed by atoms with Crippen molar-refractivity contribution in [2.24, 2.45) is 16.6 Å². The maximum Gasteiger partial charge on any atom is 0.271 e. The Hall–Kier alpha value is -2.48. The van der Waals surface area contributed by atoms with Crippen LogP contribution in [0, 0.1) is 5.92 Å². The SMILES string of the molecule is CC1=Nc2nc(C(=O)NCCN(C)C)cn2C(c2ccc(Cl)cc2)=C(CN)[C@H]1C. The minimum atomic E-state index is -0.224. The van der Waals surface area contributed by atoms with Crippen LogP contribution in [0.4, 0.5) is 5.95 Å². The van der Waals surface area contributed by atoms with E-state index in [4.69, 9.17) is 17.3 Å². The normalized spacial score (nSPS) is 16.5. The molecule has 8 heteroatoms. The summed E-state index contributed by atoms with van der Waals surface area (Å²) in [6, 6.07) is 7.57. The first kappa shape index (κ1) is 21.2. The van der Waals surface area contributed by atoms with E-state index in [0.717, 1.165) is 29.1 Å². The van der Waals surface area contributed by atoms with Crippen molar-refractivity contribution in [3.8, 4) is 0 Å². The lowest BCUT2D eigenvalue weighted by Crippen LogP contribution is -2.31. The van der Waals surface area contributed by atoms with Crippen LogP contribution in [-0.4, -0.2) is 59.8 Å². The molecule has 3 N–H and O–H groups in total. The molecule has 0 saturated carbocycles. The number of nitrogens with zero attached hydrogens (tertiary/aromatic N) is 4. The number of nitrogens with two attached hydrogens (primary N) is 1. The Kier molecular flexibility index (Phi) is 6.52. The van der Waals surface area contributed by atoms with Crippen molar-refractivity contribution < 1.29 is 4.79 Å². The van der Waals surface area contributed by atoms with Gasteiger partial charge in [0.05, 0.1) is 5.70 Å². The van der Waals surface area contributed by atoms with Gasteiger partial charge in [0, 0.05) is 42.5 Å². The molecule has 2 heterocycles. The molecule has 2 aromatic rings. The van der Waals surface area contributed by atoms with Crippen LogP contribution in [0.3, 0.4) is 0 Å². The fourth-order valence-electron chi connectivity index (χ4n) is 3.28. The highest BCUT2D eigenvalue weighted by molar-refractivity contribution is 6.30. The van der Waals surface area contributed by atoms with Gasteiger partial charge in [0.2, 0.25) is 5.95 Å². The van der Waals surface area contributed by atoms with Crippen molar-refractivity contribution >= 4 is 34.9 Å². The number of carbonyl (C=O) groups is 1. The van der Waals surface area contributed by atoms with E-state index in [1.807, 2.05) is 54.8 Å². The van der Waals surface area contributed by atoms with Crippen molar-refractivity contribution in [2.45, 2.75) is 13.8 Å². The molecule has 0 unspecified atom stereocenters. The highest BCUT2D eigenvalue weighted by Gasteiger charge is 2.26. The first-order chi connectivity index (χ1) is 13.8. The van der Waals surface area contributed by atoms with Gasteiger partial charge < -0.3 is 16.0 Å². The first-order valence-electron chi connectivity index (χ1n) is 9.58. The van der Waals surface area contributed by atoms with Gasteiger partial charge in [-0.25, -0.2) is 9.98 Å². The van der Waals surface area contributed by atoms with E-state index in [2.05, 4.69) is 22.2 Å². The van der Waals surface area contributed by atoms with Gasteiger partial charge in [0.1, 0.15) is 5.69 Å². The molecular formula is C21H27ClN6O. The number of fused-ring (bicyclic) bond motifs is 1. The van der Waals surface area contributed by atoms with Gasteiger partial charge in [-0.2, -0.15) is 0 Å². The molecule has 1 aliphatic rings. The summed E-state index contributed by atoms with van der Waals surface area (Å²) < 4.78 is 1.86. The Morgan fingerprint density at radius 3 is 2.62 bits per heavy atom. The van der Waals surface area contributed by atoms with Crippen LogP contribution in [0.25, 0.3) is 5.70 Å². The summed E-state index contributed by atoms with van der Waals surface area (Å²) >= 11 is 6.08. The standard InChI is InChI=1S/C21H27ClN6O/c1-13-14(2)25-21-26-18(20(29)24-9-10-27(3)4)12-28(21)19(17(13)11-23)15-5-7-16(22)8-6-15/h5-8,12-13H,9-11,23H2,1-4H3,(H,24,29)/t13-/m0/s1. The number of carbonyl (C=O) groups excluding carboxylic acids is 1. The minimum Gasteiger partial charge on any atom is -0.349 e. The van der Waals surface area contributed by atoms with Crippen molar-refractivity contribution in [2.75, 3.05) is 33.7 Å². The van der Waals surface area contributed by atoms with Crippen molar-refractivity contribution in [3.05, 3.63) is 52.3 Å². The van der Waals surface area contributed by atoms with E-state index in [0.29, 0.717) is 29.8 Å². The number of aromatic nitrogens is 2. The molecule has 0 spiro atoms. The van der Waals surface area contributed by atoms with Gasteiger partial charge in [0.15, 0.2) is 0 Å². The summed E-state index contributed by atoms with van der Waals surface area (Å²) in [4.78, 5) is 23.8. The lowest BCUT2D eigenvalue weighted by molar-refractivity contribution is 0.0946. The quantitative estimate of drug-likeness (QED) is 0.760. The minimum absolute atomic E-state index is 0.0599. The monoisotopic (exact) mass is 414 g/mol. The Morgan fingerprint density at radius 2 is 2.00 bits per heavy atom. The van der Waals surface area contributed by atoms with E-state index in [9.17, 15) is 4.79 Å². The zero-order valence-electron chi connectivity index (χ0n) is 17.2. The van der Waals surface area contributed by atoms with Crippen molar-refractivity contribution in [1.82, 2.24) is 19.8 Å². The number of rotatable bonds is 6. The van der Waals surface area contributed by atoms with Crippen LogP contribution in [0.2, 0.25) is 5.02 Å². The van der Waals surface area contributed by atoms with Crippen LogP contribution < -0.4 is 11.1 Å². The van der Waals surface area contributed by atoms with E-state index < -0.39 is 0 Å². The highest BCUT2D eigenvalue weighted by atomic mass is 35.5. The van der Waals surface area contributed by atoms with Crippen molar-refractivity contribution in [3.63, 3.8) is 0 Å². The first-order valence-corrected chi connectivity index (χ1v) is 9.96. The molecule has 0 aliphatic carbocycles. The van der Waals surface area contributed by atoms with Gasteiger partial charge in [-0.3, -0.25) is 9.36 Å². The third-order valence-corrected chi connectivity index (χ3v) is 5.32. The average molecular weight is 415 g/mol. The third-order valence-electron chi connectivity index (χ3n) is 5.07. The second-order valence-corrected chi connectivity index (χ2v) is 7.85. The zero-order chi connectivity index (χ0) is 21.1. The number of halogens is 1. The molecule has 1 aromatic carbocycles. The Balaban J connectivity index is 2.07. The van der Waals surface area contributed by atoms with Crippen LogP contribution >= 0.6 is 11.6 Å². The van der Waals surface area contributed by atoms with Crippen LogP contribution in [0.15, 0.2) is 41.0 Å². The fourth-order valence-corrected chi connectivity index (χ4v) is 3.41. The zero-order valence-corrected chi connectivity index (χ0v) is 18.0. The Morgan fingerprint density at radius 1 is 1.31 bits per heavy atom. The number of nitrogens with one attached hydrogen (secondary N) is 1. The van der Waals surface area contributed by atoms with Gasteiger partial charge in [0.25, 0.3) is 5.91 Å². The van der Waals surface area contributed by atoms with E-state index in [1.165, 1.54) is 0 Å². The van der Waals surface area contributed by atoms with E-state index >= 15 is 0 Å². The van der Waals surface area contributed by atoms with Crippen LogP contribution in [0.1, 0.15) is 29.9 Å². The van der Waals surface area contributed by atoms with E-state index in [-0.39, 0.29) is 11.8 Å². The van der Waals surface area contributed by atoms with E-state index in [1.54, 1.807) is 6.20 Å². The number of hydrogen-bond acceptors (Lipinski definition) is 5. The largest absolute Gasteiger partial charge is 0.349 e. The lowest BCUT2D eigenvalue weighted by atomic mass is 9.92. The molecule has 0 fully saturated rings. The number of imidazole rings is 1. The second kappa shape index (κ2) is 8.90. The number of aliphatic imine (C=N–C) groups is 1. The van der Waals surface area contributed by atoms with Crippen LogP contribution in [0.5, 0.6) is 0 Å². The number of benzene rings is 1. The predicted octanol–water partition coefficient (Wildman–Crippen LogP) is 2.79. The number of amides is 1. The predicted molar refractivity (Wildman–Crippen MR) is 118 cm³/mol. The molecule has 7 nitrogen and oxygen atoms in total. The van der Waals surface area contributed by atoms with Crippen LogP contribution in [-0.2, 0) is 0 Å². The average Bonchev–Trinajstić information content (AvgIpc) is 3.05. The van der Waals surface area contributed by atoms with Gasteiger partial charge in [-0.15, -0.1) is 0 Å². The smallest absolute Gasteiger partial charge is 0.271 e. The Labute approximate surface area is 176 Å². The summed E-state index contributed by atoms with van der Waals surface area (Å²) in [7, 11) is 3.92. The maximum absolute atomic E-state index is 12.6. The number of hydrogen-bond donors (Lipinski definition) is 2. The molecule has 1 aromatic heterocycles.